The molecule has 0 aliphatic heterocycles. The Bertz CT molecular complexity index is 677. The summed E-state index contributed by atoms with van der Waals surface area (Å²) in [5.74, 6) is -0.435. The summed E-state index contributed by atoms with van der Waals surface area (Å²) in [5, 5.41) is 2.49. The fraction of sp³-hybridized carbons (Fsp3) is 0.188. The highest BCUT2D eigenvalue weighted by Gasteiger charge is 2.31. The van der Waals surface area contributed by atoms with Crippen LogP contribution in [0.2, 0.25) is 0 Å². The molecule has 1 N–H and O–H groups in total. The molecule has 2 atom stereocenters. The van der Waals surface area contributed by atoms with Crippen molar-refractivity contribution in [1.82, 2.24) is 0 Å². The minimum absolute atomic E-state index is 0.0991. The van der Waals surface area contributed by atoms with Gasteiger partial charge in [0, 0.05) is 5.69 Å². The molecule has 2 rings (SSSR count). The number of hydrogen-bond acceptors (Lipinski definition) is 1. The summed E-state index contributed by atoms with van der Waals surface area (Å²) >= 11 is 6.70. The van der Waals surface area contributed by atoms with Crippen LogP contribution in [0.4, 0.5) is 18.9 Å². The molecule has 23 heavy (non-hydrogen) atoms. The van der Waals surface area contributed by atoms with Gasteiger partial charge in [0.1, 0.15) is 4.83 Å². The van der Waals surface area contributed by atoms with Crippen molar-refractivity contribution in [3.05, 3.63) is 65.7 Å². The molecule has 0 saturated heterocycles. The van der Waals surface area contributed by atoms with E-state index in [0.717, 1.165) is 17.7 Å². The molecule has 0 aliphatic carbocycles. The largest absolute Gasteiger partial charge is 0.416 e. The van der Waals surface area contributed by atoms with Gasteiger partial charge in [0.05, 0.1) is 10.4 Å². The van der Waals surface area contributed by atoms with Crippen LogP contribution in [0.5, 0.6) is 0 Å². The molecule has 0 aromatic heterocycles. The van der Waals surface area contributed by atoms with E-state index in [-0.39, 0.29) is 10.5 Å². The zero-order valence-corrected chi connectivity index (χ0v) is 14.8. The predicted molar refractivity (Wildman–Crippen MR) is 90.9 cm³/mol. The molecule has 122 valence electrons. The Morgan fingerprint density at radius 2 is 1.65 bits per heavy atom. The summed E-state index contributed by atoms with van der Waals surface area (Å²) in [5.41, 5.74) is 0.176. The average molecular weight is 451 g/mol. The zero-order chi connectivity index (χ0) is 17.0. The molecule has 0 radical (unpaired) electrons. The van der Waals surface area contributed by atoms with E-state index in [1.54, 1.807) is 0 Å². The van der Waals surface area contributed by atoms with Gasteiger partial charge in [-0.2, -0.15) is 13.2 Å². The van der Waals surface area contributed by atoms with Crippen molar-refractivity contribution in [2.45, 2.75) is 15.8 Å². The molecule has 0 fully saturated rings. The van der Waals surface area contributed by atoms with Gasteiger partial charge in [-0.25, -0.2) is 0 Å². The van der Waals surface area contributed by atoms with E-state index >= 15 is 0 Å². The van der Waals surface area contributed by atoms with Crippen LogP contribution in [-0.2, 0) is 11.0 Å². The summed E-state index contributed by atoms with van der Waals surface area (Å²) in [7, 11) is 0. The van der Waals surface area contributed by atoms with E-state index in [4.69, 9.17) is 0 Å². The molecule has 1 amide bonds. The highest BCUT2D eigenvalue weighted by atomic mass is 79.9. The molecule has 0 heterocycles. The third-order valence-electron chi connectivity index (χ3n) is 3.08. The number of hydrogen-bond donors (Lipinski definition) is 1. The lowest BCUT2D eigenvalue weighted by molar-refractivity contribution is -0.137. The van der Waals surface area contributed by atoms with Crippen LogP contribution in [0.25, 0.3) is 0 Å². The van der Waals surface area contributed by atoms with E-state index in [2.05, 4.69) is 37.2 Å². The van der Waals surface area contributed by atoms with Gasteiger partial charge in [0.15, 0.2) is 0 Å². The first-order chi connectivity index (χ1) is 10.8. The lowest BCUT2D eigenvalue weighted by Gasteiger charge is -2.17. The van der Waals surface area contributed by atoms with Crippen molar-refractivity contribution < 1.29 is 18.0 Å². The van der Waals surface area contributed by atoms with Crippen LogP contribution >= 0.6 is 31.9 Å². The first-order valence-corrected chi connectivity index (χ1v) is 8.43. The molecule has 2 aromatic carbocycles. The first kappa shape index (κ1) is 18.0. The lowest BCUT2D eigenvalue weighted by atomic mass is 10.1. The van der Waals surface area contributed by atoms with Crippen molar-refractivity contribution in [3.63, 3.8) is 0 Å². The van der Waals surface area contributed by atoms with Crippen LogP contribution in [-0.4, -0.2) is 10.7 Å². The number of halogens is 5. The number of amides is 1. The van der Waals surface area contributed by atoms with Gasteiger partial charge in [-0.3, -0.25) is 4.79 Å². The Morgan fingerprint density at radius 3 is 2.26 bits per heavy atom. The van der Waals surface area contributed by atoms with Crippen LogP contribution in [0.3, 0.4) is 0 Å². The quantitative estimate of drug-likeness (QED) is 0.608. The monoisotopic (exact) mass is 449 g/mol. The predicted octanol–water partition coefficient (Wildman–Crippen LogP) is 5.54. The van der Waals surface area contributed by atoms with Gasteiger partial charge in [0.25, 0.3) is 0 Å². The molecule has 0 saturated carbocycles. The number of alkyl halides is 5. The third-order valence-corrected chi connectivity index (χ3v) is 5.79. The number of anilines is 1. The van der Waals surface area contributed by atoms with E-state index in [1.165, 1.54) is 12.1 Å². The van der Waals surface area contributed by atoms with Crippen molar-refractivity contribution >= 4 is 43.5 Å². The van der Waals surface area contributed by atoms with Gasteiger partial charge < -0.3 is 5.32 Å². The minimum Gasteiger partial charge on any atom is -0.325 e. The third kappa shape index (κ3) is 4.81. The van der Waals surface area contributed by atoms with Crippen LogP contribution in [0, 0.1) is 0 Å². The number of nitrogens with one attached hydrogen (secondary N) is 1. The number of carbonyl (C=O) groups is 1. The Kier molecular flexibility index (Phi) is 5.86. The maximum Gasteiger partial charge on any atom is 0.416 e. The highest BCUT2D eigenvalue weighted by Crippen LogP contribution is 2.33. The summed E-state index contributed by atoms with van der Waals surface area (Å²) < 4.78 is 38.1. The Hall–Kier alpha value is -1.34. The molecule has 2 aromatic rings. The average Bonchev–Trinajstić information content (AvgIpc) is 2.53. The van der Waals surface area contributed by atoms with Crippen LogP contribution < -0.4 is 5.32 Å². The second kappa shape index (κ2) is 7.49. The molecular weight excluding hydrogens is 439 g/mol. The van der Waals surface area contributed by atoms with E-state index in [0.29, 0.717) is 0 Å². The van der Waals surface area contributed by atoms with Crippen LogP contribution in [0.1, 0.15) is 16.0 Å². The standard InChI is InChI=1S/C16H12Br2F3NO/c17-13(10-5-2-1-3-6-10)14(18)15(23)22-12-8-4-7-11(9-12)16(19,20)21/h1-9,13-14H,(H,22,23)/t13-,14-/m1/s1. The SMILES string of the molecule is O=C(Nc1cccc(C(F)(F)F)c1)[C@H](Br)[C@H](Br)c1ccccc1. The fourth-order valence-electron chi connectivity index (χ4n) is 1.92. The molecule has 0 aliphatic rings. The highest BCUT2D eigenvalue weighted by molar-refractivity contribution is 9.12. The van der Waals surface area contributed by atoms with Gasteiger partial charge in [-0.15, -0.1) is 0 Å². The molecule has 0 unspecified atom stereocenters. The normalized spacial score (nSPS) is 14.1. The van der Waals surface area contributed by atoms with E-state index < -0.39 is 22.5 Å². The van der Waals surface area contributed by atoms with Gasteiger partial charge in [0.2, 0.25) is 5.91 Å². The fourth-order valence-corrected chi connectivity index (χ4v) is 2.89. The van der Waals surface area contributed by atoms with Crippen molar-refractivity contribution in [2.75, 3.05) is 5.32 Å². The number of rotatable bonds is 4. The molecule has 2 nitrogen and oxygen atoms in total. The Balaban J connectivity index is 2.10. The molecular formula is C16H12Br2F3NO. The molecule has 7 heteroatoms. The smallest absolute Gasteiger partial charge is 0.325 e. The van der Waals surface area contributed by atoms with Crippen molar-refractivity contribution in [1.29, 1.82) is 0 Å². The van der Waals surface area contributed by atoms with Gasteiger partial charge in [-0.05, 0) is 23.8 Å². The number of benzene rings is 2. The van der Waals surface area contributed by atoms with Gasteiger partial charge in [-0.1, -0.05) is 68.3 Å². The second-order valence-corrected chi connectivity index (χ2v) is 6.76. The van der Waals surface area contributed by atoms with Crippen LogP contribution in [0.15, 0.2) is 54.6 Å². The Labute approximate surface area is 148 Å². The summed E-state index contributed by atoms with van der Waals surface area (Å²) in [4.78, 5) is 11.3. The van der Waals surface area contributed by atoms with Crippen molar-refractivity contribution in [3.8, 4) is 0 Å². The van der Waals surface area contributed by atoms with E-state index in [1.807, 2.05) is 30.3 Å². The maximum atomic E-state index is 12.7. The second-order valence-electron chi connectivity index (χ2n) is 4.78. The zero-order valence-electron chi connectivity index (χ0n) is 11.6. The van der Waals surface area contributed by atoms with E-state index in [9.17, 15) is 18.0 Å². The lowest BCUT2D eigenvalue weighted by Crippen LogP contribution is -2.26. The summed E-state index contributed by atoms with van der Waals surface area (Å²) in [6.07, 6.45) is -4.45. The first-order valence-electron chi connectivity index (χ1n) is 6.60. The summed E-state index contributed by atoms with van der Waals surface area (Å²) in [6.45, 7) is 0. The van der Waals surface area contributed by atoms with Crippen molar-refractivity contribution in [2.24, 2.45) is 0 Å². The molecule has 0 spiro atoms. The minimum atomic E-state index is -4.45. The van der Waals surface area contributed by atoms with Gasteiger partial charge >= 0.3 is 6.18 Å². The maximum absolute atomic E-state index is 12.7. The topological polar surface area (TPSA) is 29.1 Å². The summed E-state index contributed by atoms with van der Waals surface area (Å²) in [6, 6.07) is 13.8. The number of carbonyl (C=O) groups excluding carboxylic acids is 1. The Morgan fingerprint density at radius 1 is 1.00 bits per heavy atom. The molecule has 0 bridgehead atoms.